The van der Waals surface area contributed by atoms with Crippen LogP contribution in [0.2, 0.25) is 0 Å². The molecule has 1 aromatic carbocycles. The summed E-state index contributed by atoms with van der Waals surface area (Å²) in [5, 5.41) is 0. The van der Waals surface area contributed by atoms with Crippen molar-refractivity contribution in [1.29, 1.82) is 0 Å². The van der Waals surface area contributed by atoms with Crippen molar-refractivity contribution < 1.29 is 9.53 Å². The van der Waals surface area contributed by atoms with Gasteiger partial charge >= 0.3 is 5.97 Å². The zero-order valence-corrected chi connectivity index (χ0v) is 10.7. The molecule has 17 heavy (non-hydrogen) atoms. The fourth-order valence-corrected chi connectivity index (χ4v) is 1.65. The molecule has 94 valence electrons. The second-order valence-corrected chi connectivity index (χ2v) is 3.90. The normalized spacial score (nSPS) is 10.0. The van der Waals surface area contributed by atoms with Crippen molar-refractivity contribution in [3.05, 3.63) is 30.3 Å². The Morgan fingerprint density at radius 3 is 2.47 bits per heavy atom. The number of nitrogens with zero attached hydrogens (tertiary/aromatic N) is 1. The molecule has 0 spiro atoms. The van der Waals surface area contributed by atoms with Crippen LogP contribution in [-0.2, 0) is 9.53 Å². The fourth-order valence-electron chi connectivity index (χ4n) is 1.65. The largest absolute Gasteiger partial charge is 0.464 e. The SMILES string of the molecule is CCCN(CCOC(=O)CC)c1ccccc1. The van der Waals surface area contributed by atoms with Gasteiger partial charge in [0.25, 0.3) is 0 Å². The predicted octanol–water partition coefficient (Wildman–Crippen LogP) is 2.86. The van der Waals surface area contributed by atoms with E-state index in [1.54, 1.807) is 0 Å². The topological polar surface area (TPSA) is 29.5 Å². The molecule has 0 aliphatic heterocycles. The second kappa shape index (κ2) is 7.71. The monoisotopic (exact) mass is 235 g/mol. The van der Waals surface area contributed by atoms with Gasteiger partial charge in [-0.1, -0.05) is 32.0 Å². The lowest BCUT2D eigenvalue weighted by atomic mass is 10.2. The number of hydrogen-bond acceptors (Lipinski definition) is 3. The molecule has 0 atom stereocenters. The van der Waals surface area contributed by atoms with Crippen molar-refractivity contribution in [1.82, 2.24) is 0 Å². The first-order chi connectivity index (χ1) is 8.27. The highest BCUT2D eigenvalue weighted by molar-refractivity contribution is 5.68. The zero-order chi connectivity index (χ0) is 12.5. The van der Waals surface area contributed by atoms with Crippen LogP contribution in [-0.4, -0.2) is 25.7 Å². The molecule has 0 N–H and O–H groups in total. The lowest BCUT2D eigenvalue weighted by Gasteiger charge is -2.24. The highest BCUT2D eigenvalue weighted by Gasteiger charge is 2.06. The maximum absolute atomic E-state index is 11.0. The molecular formula is C14H21NO2. The lowest BCUT2D eigenvalue weighted by Crippen LogP contribution is -2.28. The van der Waals surface area contributed by atoms with Gasteiger partial charge in [0.2, 0.25) is 0 Å². The molecular weight excluding hydrogens is 214 g/mol. The Morgan fingerprint density at radius 1 is 1.18 bits per heavy atom. The second-order valence-electron chi connectivity index (χ2n) is 3.90. The molecule has 3 heteroatoms. The highest BCUT2D eigenvalue weighted by atomic mass is 16.5. The van der Waals surface area contributed by atoms with Crippen molar-refractivity contribution in [3.63, 3.8) is 0 Å². The van der Waals surface area contributed by atoms with E-state index in [1.165, 1.54) is 5.69 Å². The minimum Gasteiger partial charge on any atom is -0.464 e. The average Bonchev–Trinajstić information content (AvgIpc) is 2.38. The third kappa shape index (κ3) is 4.89. The van der Waals surface area contributed by atoms with Crippen LogP contribution in [0.4, 0.5) is 5.69 Å². The molecule has 0 fully saturated rings. The maximum atomic E-state index is 11.0. The van der Waals surface area contributed by atoms with E-state index in [0.29, 0.717) is 13.0 Å². The van der Waals surface area contributed by atoms with Gasteiger partial charge in [0.1, 0.15) is 6.61 Å². The maximum Gasteiger partial charge on any atom is 0.305 e. The van der Waals surface area contributed by atoms with E-state index in [2.05, 4.69) is 24.0 Å². The predicted molar refractivity (Wildman–Crippen MR) is 70.2 cm³/mol. The molecule has 0 aliphatic carbocycles. The number of para-hydroxylation sites is 1. The Kier molecular flexibility index (Phi) is 6.15. The van der Waals surface area contributed by atoms with Gasteiger partial charge in [-0.05, 0) is 18.6 Å². The molecule has 0 unspecified atom stereocenters. The van der Waals surface area contributed by atoms with Crippen molar-refractivity contribution in [2.24, 2.45) is 0 Å². The summed E-state index contributed by atoms with van der Waals surface area (Å²) in [7, 11) is 0. The number of carbonyl (C=O) groups excluding carboxylic acids is 1. The number of ether oxygens (including phenoxy) is 1. The Labute approximate surface area is 103 Å². The van der Waals surface area contributed by atoms with Crippen molar-refractivity contribution in [2.75, 3.05) is 24.6 Å². The summed E-state index contributed by atoms with van der Waals surface area (Å²) in [4.78, 5) is 13.3. The summed E-state index contributed by atoms with van der Waals surface area (Å²) in [6.45, 7) is 6.15. The molecule has 0 amide bonds. The van der Waals surface area contributed by atoms with Gasteiger partial charge < -0.3 is 9.64 Å². The molecule has 0 bridgehead atoms. The first-order valence-electron chi connectivity index (χ1n) is 6.23. The van der Waals surface area contributed by atoms with Gasteiger partial charge in [-0.15, -0.1) is 0 Å². The average molecular weight is 235 g/mol. The standard InChI is InChI=1S/C14H21NO2/c1-3-10-15(11-12-17-14(16)4-2)13-8-6-5-7-9-13/h5-9H,3-4,10-12H2,1-2H3. The first kappa shape index (κ1) is 13.6. The van der Waals surface area contributed by atoms with Crippen LogP contribution >= 0.6 is 0 Å². The Bertz CT molecular complexity index is 324. The third-order valence-corrected chi connectivity index (χ3v) is 2.53. The Morgan fingerprint density at radius 2 is 1.88 bits per heavy atom. The van der Waals surface area contributed by atoms with E-state index < -0.39 is 0 Å². The van der Waals surface area contributed by atoms with E-state index in [9.17, 15) is 4.79 Å². The van der Waals surface area contributed by atoms with E-state index >= 15 is 0 Å². The summed E-state index contributed by atoms with van der Waals surface area (Å²) in [6.07, 6.45) is 1.52. The van der Waals surface area contributed by atoms with Gasteiger partial charge in [-0.3, -0.25) is 4.79 Å². The van der Waals surface area contributed by atoms with Crippen LogP contribution in [0.3, 0.4) is 0 Å². The number of benzene rings is 1. The summed E-state index contributed by atoms with van der Waals surface area (Å²) in [5.41, 5.74) is 1.18. The van der Waals surface area contributed by atoms with Crippen molar-refractivity contribution in [2.45, 2.75) is 26.7 Å². The summed E-state index contributed by atoms with van der Waals surface area (Å²) >= 11 is 0. The molecule has 0 saturated heterocycles. The molecule has 0 saturated carbocycles. The van der Waals surface area contributed by atoms with Gasteiger partial charge in [0.15, 0.2) is 0 Å². The summed E-state index contributed by atoms with van der Waals surface area (Å²) in [6, 6.07) is 10.2. The molecule has 1 rings (SSSR count). The van der Waals surface area contributed by atoms with Gasteiger partial charge in [-0.25, -0.2) is 0 Å². The van der Waals surface area contributed by atoms with Crippen LogP contribution < -0.4 is 4.90 Å². The highest BCUT2D eigenvalue weighted by Crippen LogP contribution is 2.13. The summed E-state index contributed by atoms with van der Waals surface area (Å²) < 4.78 is 5.11. The van der Waals surface area contributed by atoms with Crippen LogP contribution in [0.25, 0.3) is 0 Å². The Balaban J connectivity index is 2.47. The molecule has 0 radical (unpaired) electrons. The van der Waals surface area contributed by atoms with Crippen LogP contribution in [0, 0.1) is 0 Å². The molecule has 1 aromatic rings. The van der Waals surface area contributed by atoms with E-state index in [0.717, 1.165) is 19.5 Å². The number of anilines is 1. The molecule has 0 heterocycles. The van der Waals surface area contributed by atoms with Crippen LogP contribution in [0.5, 0.6) is 0 Å². The number of carbonyl (C=O) groups is 1. The molecule has 0 aliphatic rings. The Hall–Kier alpha value is -1.51. The molecule has 0 aromatic heterocycles. The third-order valence-electron chi connectivity index (χ3n) is 2.53. The number of esters is 1. The van der Waals surface area contributed by atoms with Gasteiger partial charge in [0, 0.05) is 18.7 Å². The van der Waals surface area contributed by atoms with Gasteiger partial charge in [0.05, 0.1) is 6.54 Å². The smallest absolute Gasteiger partial charge is 0.305 e. The van der Waals surface area contributed by atoms with E-state index in [-0.39, 0.29) is 5.97 Å². The summed E-state index contributed by atoms with van der Waals surface area (Å²) in [5.74, 6) is -0.130. The number of hydrogen-bond donors (Lipinski definition) is 0. The van der Waals surface area contributed by atoms with E-state index in [4.69, 9.17) is 4.74 Å². The molecule has 3 nitrogen and oxygen atoms in total. The fraction of sp³-hybridized carbons (Fsp3) is 0.500. The van der Waals surface area contributed by atoms with Crippen LogP contribution in [0.1, 0.15) is 26.7 Å². The zero-order valence-electron chi connectivity index (χ0n) is 10.7. The number of rotatable bonds is 7. The first-order valence-corrected chi connectivity index (χ1v) is 6.23. The van der Waals surface area contributed by atoms with Crippen molar-refractivity contribution >= 4 is 11.7 Å². The minimum absolute atomic E-state index is 0.130. The minimum atomic E-state index is -0.130. The van der Waals surface area contributed by atoms with Crippen molar-refractivity contribution in [3.8, 4) is 0 Å². The van der Waals surface area contributed by atoms with Gasteiger partial charge in [-0.2, -0.15) is 0 Å². The lowest BCUT2D eigenvalue weighted by molar-refractivity contribution is -0.142. The quantitative estimate of drug-likeness (QED) is 0.681. The van der Waals surface area contributed by atoms with E-state index in [1.807, 2.05) is 25.1 Å². The van der Waals surface area contributed by atoms with Crippen LogP contribution in [0.15, 0.2) is 30.3 Å².